The first-order valence-electron chi connectivity index (χ1n) is 6.17. The van der Waals surface area contributed by atoms with E-state index in [1.165, 1.54) is 12.1 Å². The predicted octanol–water partition coefficient (Wildman–Crippen LogP) is 3.18. The van der Waals surface area contributed by atoms with Gasteiger partial charge in [-0.05, 0) is 12.5 Å². The first-order chi connectivity index (χ1) is 8.90. The van der Waals surface area contributed by atoms with E-state index in [2.05, 4.69) is 0 Å². The molecule has 0 bridgehead atoms. The van der Waals surface area contributed by atoms with E-state index in [-0.39, 0.29) is 28.0 Å². The Kier molecular flexibility index (Phi) is 3.69. The lowest BCUT2D eigenvalue weighted by Crippen LogP contribution is -2.57. The molecule has 0 saturated heterocycles. The van der Waals surface area contributed by atoms with Crippen molar-refractivity contribution in [1.29, 1.82) is 0 Å². The minimum atomic E-state index is -0.514. The molecule has 104 valence electrons. The van der Waals surface area contributed by atoms with Gasteiger partial charge in [-0.3, -0.25) is 10.1 Å². The van der Waals surface area contributed by atoms with Crippen LogP contribution in [0.4, 0.5) is 5.69 Å². The Labute approximate surface area is 116 Å². The molecular formula is C13H16ClNO4. The second-order valence-corrected chi connectivity index (χ2v) is 5.47. The van der Waals surface area contributed by atoms with Gasteiger partial charge in [-0.2, -0.15) is 0 Å². The van der Waals surface area contributed by atoms with Crippen LogP contribution in [-0.4, -0.2) is 22.2 Å². The lowest BCUT2D eigenvalue weighted by atomic mass is 9.63. The molecule has 0 spiro atoms. The third-order valence-corrected chi connectivity index (χ3v) is 4.40. The first-order valence-corrected chi connectivity index (χ1v) is 6.55. The maximum Gasteiger partial charge on any atom is 0.312 e. The van der Waals surface area contributed by atoms with Gasteiger partial charge < -0.3 is 9.84 Å². The summed E-state index contributed by atoms with van der Waals surface area (Å²) in [4.78, 5) is 10.5. The van der Waals surface area contributed by atoms with Crippen molar-refractivity contribution in [2.45, 2.75) is 38.9 Å². The molecule has 1 aliphatic carbocycles. The van der Waals surface area contributed by atoms with Gasteiger partial charge in [-0.15, -0.1) is 0 Å². The second kappa shape index (κ2) is 4.98. The smallest absolute Gasteiger partial charge is 0.312 e. The number of halogens is 1. The van der Waals surface area contributed by atoms with Crippen LogP contribution < -0.4 is 4.74 Å². The zero-order valence-corrected chi connectivity index (χ0v) is 11.6. The zero-order chi connectivity index (χ0) is 14.2. The maximum absolute atomic E-state index is 11.0. The fourth-order valence-corrected chi connectivity index (χ4v) is 2.56. The molecule has 3 unspecified atom stereocenters. The number of ether oxygens (including phenoxy) is 1. The Hall–Kier alpha value is -1.33. The van der Waals surface area contributed by atoms with Crippen LogP contribution in [0.25, 0.3) is 0 Å². The summed E-state index contributed by atoms with van der Waals surface area (Å²) in [7, 11) is 0. The number of hydrogen-bond donors (Lipinski definition) is 1. The topological polar surface area (TPSA) is 72.6 Å². The Bertz CT molecular complexity index is 507. The SMILES string of the molecule is CCC1(C)C(O)CC1Oc1c(Cl)cccc1[N+](=O)[O-]. The Morgan fingerprint density at radius 1 is 1.63 bits per heavy atom. The molecule has 1 fully saturated rings. The van der Waals surface area contributed by atoms with Crippen molar-refractivity contribution >= 4 is 17.3 Å². The van der Waals surface area contributed by atoms with E-state index in [4.69, 9.17) is 16.3 Å². The molecule has 1 N–H and O–H groups in total. The summed E-state index contributed by atoms with van der Waals surface area (Å²) in [6, 6.07) is 4.43. The number of aliphatic hydroxyl groups excluding tert-OH is 1. The van der Waals surface area contributed by atoms with Gasteiger partial charge in [-0.25, -0.2) is 0 Å². The lowest BCUT2D eigenvalue weighted by molar-refractivity contribution is -0.386. The van der Waals surface area contributed by atoms with Gasteiger partial charge in [-0.1, -0.05) is 31.5 Å². The van der Waals surface area contributed by atoms with E-state index < -0.39 is 11.0 Å². The molecule has 19 heavy (non-hydrogen) atoms. The summed E-state index contributed by atoms with van der Waals surface area (Å²) in [6.07, 6.45) is 0.499. The summed E-state index contributed by atoms with van der Waals surface area (Å²) >= 11 is 5.98. The highest BCUT2D eigenvalue weighted by Gasteiger charge is 2.52. The van der Waals surface area contributed by atoms with Crippen molar-refractivity contribution in [3.8, 4) is 5.75 Å². The fourth-order valence-electron chi connectivity index (χ4n) is 2.34. The minimum absolute atomic E-state index is 0.0886. The number of nitrogens with zero attached hydrogens (tertiary/aromatic N) is 1. The normalized spacial score (nSPS) is 29.7. The zero-order valence-electron chi connectivity index (χ0n) is 10.8. The van der Waals surface area contributed by atoms with E-state index in [1.807, 2.05) is 13.8 Å². The Balaban J connectivity index is 2.28. The summed E-state index contributed by atoms with van der Waals surface area (Å²) in [5, 5.41) is 21.0. The number of aliphatic hydroxyl groups is 1. The Morgan fingerprint density at radius 3 is 2.84 bits per heavy atom. The number of rotatable bonds is 4. The van der Waals surface area contributed by atoms with Gasteiger partial charge in [0.05, 0.1) is 16.0 Å². The fraction of sp³-hybridized carbons (Fsp3) is 0.538. The molecule has 0 aliphatic heterocycles. The van der Waals surface area contributed by atoms with E-state index in [0.29, 0.717) is 6.42 Å². The molecule has 1 saturated carbocycles. The van der Waals surface area contributed by atoms with E-state index in [0.717, 1.165) is 6.42 Å². The van der Waals surface area contributed by atoms with E-state index in [9.17, 15) is 15.2 Å². The standard InChI is InChI=1S/C13H16ClNO4/c1-3-13(2)10(16)7-11(13)19-12-8(14)5-4-6-9(12)15(17)18/h4-6,10-11,16H,3,7H2,1-2H3. The number of nitro benzene ring substituents is 1. The molecule has 0 radical (unpaired) electrons. The van der Waals surface area contributed by atoms with Crippen molar-refractivity contribution in [3.05, 3.63) is 33.3 Å². The number of hydrogen-bond acceptors (Lipinski definition) is 4. The first kappa shape index (κ1) is 14.1. The number of nitro groups is 1. The van der Waals surface area contributed by atoms with Crippen LogP contribution in [0, 0.1) is 15.5 Å². The highest BCUT2D eigenvalue weighted by molar-refractivity contribution is 6.32. The third kappa shape index (κ3) is 2.28. The largest absolute Gasteiger partial charge is 0.482 e. The second-order valence-electron chi connectivity index (χ2n) is 5.06. The molecule has 1 aromatic rings. The van der Waals surface area contributed by atoms with E-state index in [1.54, 1.807) is 6.07 Å². The third-order valence-electron chi connectivity index (χ3n) is 4.10. The summed E-state index contributed by atoms with van der Waals surface area (Å²) in [5.74, 6) is 0.0886. The molecule has 1 aliphatic rings. The van der Waals surface area contributed by atoms with E-state index >= 15 is 0 Å². The molecule has 6 heteroatoms. The predicted molar refractivity (Wildman–Crippen MR) is 71.5 cm³/mol. The molecule has 0 aromatic heterocycles. The number of para-hydroxylation sites is 1. The highest BCUT2D eigenvalue weighted by Crippen LogP contribution is 2.48. The maximum atomic E-state index is 11.0. The van der Waals surface area contributed by atoms with Crippen LogP contribution in [0.1, 0.15) is 26.7 Å². The quantitative estimate of drug-likeness (QED) is 0.681. The lowest BCUT2D eigenvalue weighted by Gasteiger charge is -2.50. The van der Waals surface area contributed by atoms with Gasteiger partial charge in [0, 0.05) is 17.9 Å². The van der Waals surface area contributed by atoms with Crippen LogP contribution in [0.5, 0.6) is 5.75 Å². The minimum Gasteiger partial charge on any atom is -0.482 e. The molecule has 3 atom stereocenters. The van der Waals surface area contributed by atoms with Gasteiger partial charge in [0.2, 0.25) is 5.75 Å². The van der Waals surface area contributed by atoms with Crippen LogP contribution >= 0.6 is 11.6 Å². The van der Waals surface area contributed by atoms with Crippen molar-refractivity contribution in [2.75, 3.05) is 0 Å². The average Bonchev–Trinajstić information content (AvgIpc) is 2.38. The molecule has 1 aromatic carbocycles. The number of benzene rings is 1. The van der Waals surface area contributed by atoms with Crippen LogP contribution in [0.2, 0.25) is 5.02 Å². The average molecular weight is 286 g/mol. The van der Waals surface area contributed by atoms with Gasteiger partial charge in [0.1, 0.15) is 6.10 Å². The van der Waals surface area contributed by atoms with Crippen molar-refractivity contribution in [1.82, 2.24) is 0 Å². The summed E-state index contributed by atoms with van der Waals surface area (Å²) in [6.45, 7) is 3.87. The van der Waals surface area contributed by atoms with Gasteiger partial charge in [0.25, 0.3) is 0 Å². The van der Waals surface area contributed by atoms with Crippen molar-refractivity contribution in [2.24, 2.45) is 5.41 Å². The molecule has 5 nitrogen and oxygen atoms in total. The van der Waals surface area contributed by atoms with Gasteiger partial charge >= 0.3 is 5.69 Å². The summed E-state index contributed by atoms with van der Waals surface area (Å²) in [5.41, 5.74) is -0.528. The monoisotopic (exact) mass is 285 g/mol. The van der Waals surface area contributed by atoms with Gasteiger partial charge in [0.15, 0.2) is 0 Å². The van der Waals surface area contributed by atoms with Crippen molar-refractivity contribution < 1.29 is 14.8 Å². The van der Waals surface area contributed by atoms with Crippen molar-refractivity contribution in [3.63, 3.8) is 0 Å². The molecule has 2 rings (SSSR count). The van der Waals surface area contributed by atoms with Crippen LogP contribution in [0.3, 0.4) is 0 Å². The highest BCUT2D eigenvalue weighted by atomic mass is 35.5. The summed E-state index contributed by atoms with van der Waals surface area (Å²) < 4.78 is 5.72. The van der Waals surface area contributed by atoms with Crippen LogP contribution in [0.15, 0.2) is 18.2 Å². The Morgan fingerprint density at radius 2 is 2.32 bits per heavy atom. The van der Waals surface area contributed by atoms with Crippen LogP contribution in [-0.2, 0) is 0 Å². The molecule has 0 amide bonds. The molecule has 0 heterocycles. The molecular weight excluding hydrogens is 270 g/mol.